The third-order valence-corrected chi connectivity index (χ3v) is 7.18. The van der Waals surface area contributed by atoms with Gasteiger partial charge in [-0.05, 0) is 29.8 Å². The number of sulfone groups is 1. The summed E-state index contributed by atoms with van der Waals surface area (Å²) in [6, 6.07) is 17.3. The monoisotopic (exact) mass is 391 g/mol. The van der Waals surface area contributed by atoms with Crippen LogP contribution >= 0.6 is 15.9 Å². The molecule has 1 aliphatic rings. The van der Waals surface area contributed by atoms with Crippen LogP contribution in [0.3, 0.4) is 0 Å². The van der Waals surface area contributed by atoms with Crippen LogP contribution in [0.2, 0.25) is 0 Å². The number of benzene rings is 2. The fourth-order valence-corrected chi connectivity index (χ4v) is 5.72. The molecule has 0 heterocycles. The Kier molecular flexibility index (Phi) is 4.05. The molecule has 3 rings (SSSR count). The third kappa shape index (κ3) is 2.49. The maximum Gasteiger partial charge on any atom is 0.183 e. The average molecular weight is 392 g/mol. The predicted molar refractivity (Wildman–Crippen MR) is 89.4 cm³/mol. The van der Waals surface area contributed by atoms with Gasteiger partial charge in [0.2, 0.25) is 0 Å². The number of aliphatic hydroxyl groups excluding tert-OH is 1. The Morgan fingerprint density at radius 1 is 1.13 bits per heavy atom. The molecule has 118 valence electrons. The van der Waals surface area contributed by atoms with E-state index in [1.807, 2.05) is 0 Å². The molecule has 0 aliphatic heterocycles. The molecule has 2 aromatic carbocycles. The molecule has 1 aliphatic carbocycles. The minimum atomic E-state index is -3.70. The fraction of sp³-hybridized carbons (Fsp3) is 0.235. The minimum absolute atomic E-state index is 0.178. The second-order valence-corrected chi connectivity index (χ2v) is 8.60. The van der Waals surface area contributed by atoms with Gasteiger partial charge in [0.1, 0.15) is 5.41 Å². The summed E-state index contributed by atoms with van der Waals surface area (Å²) in [6.45, 7) is -0.485. The summed E-state index contributed by atoms with van der Waals surface area (Å²) in [6.07, 6.45) is 0. The molecule has 0 spiro atoms. The normalized spacial score (nSPS) is 26.5. The average Bonchev–Trinajstić information content (AvgIpc) is 3.27. The zero-order valence-corrected chi connectivity index (χ0v) is 14.5. The smallest absolute Gasteiger partial charge is 0.183 e. The van der Waals surface area contributed by atoms with Crippen molar-refractivity contribution < 1.29 is 13.5 Å². The van der Waals surface area contributed by atoms with Gasteiger partial charge in [-0.1, -0.05) is 46.3 Å². The molecule has 3 atom stereocenters. The van der Waals surface area contributed by atoms with Gasteiger partial charge in [0.05, 0.1) is 22.8 Å². The molecule has 2 aromatic rings. The quantitative estimate of drug-likeness (QED) is 0.868. The molecule has 6 heteroatoms. The summed E-state index contributed by atoms with van der Waals surface area (Å²) in [7, 11) is -3.70. The van der Waals surface area contributed by atoms with Crippen molar-refractivity contribution in [3.63, 3.8) is 0 Å². The molecule has 0 amide bonds. The lowest BCUT2D eigenvalue weighted by Gasteiger charge is -2.05. The lowest BCUT2D eigenvalue weighted by Crippen LogP contribution is -2.18. The molecule has 0 radical (unpaired) electrons. The van der Waals surface area contributed by atoms with E-state index in [1.165, 1.54) is 12.1 Å². The number of hydrogen-bond acceptors (Lipinski definition) is 4. The van der Waals surface area contributed by atoms with Gasteiger partial charge in [-0.25, -0.2) is 8.42 Å². The first-order valence-electron chi connectivity index (χ1n) is 7.04. The van der Waals surface area contributed by atoms with Crippen LogP contribution < -0.4 is 0 Å². The number of aliphatic hydroxyl groups is 1. The Morgan fingerprint density at radius 3 is 2.26 bits per heavy atom. The number of nitriles is 1. The molecule has 0 saturated heterocycles. The topological polar surface area (TPSA) is 78.2 Å². The first-order valence-corrected chi connectivity index (χ1v) is 9.38. The second-order valence-electron chi connectivity index (χ2n) is 5.62. The van der Waals surface area contributed by atoms with Crippen LogP contribution in [-0.4, -0.2) is 25.4 Å². The maximum atomic E-state index is 12.9. The number of rotatable bonds is 4. The van der Waals surface area contributed by atoms with Crippen molar-refractivity contribution in [1.29, 1.82) is 5.26 Å². The number of halogens is 1. The van der Waals surface area contributed by atoms with Crippen LogP contribution in [0.15, 0.2) is 64.0 Å². The van der Waals surface area contributed by atoms with Crippen LogP contribution in [0.5, 0.6) is 0 Å². The first kappa shape index (κ1) is 16.2. The van der Waals surface area contributed by atoms with Crippen molar-refractivity contribution in [1.82, 2.24) is 0 Å². The van der Waals surface area contributed by atoms with Gasteiger partial charge in [-0.3, -0.25) is 0 Å². The van der Waals surface area contributed by atoms with E-state index in [-0.39, 0.29) is 4.90 Å². The maximum absolute atomic E-state index is 12.9. The highest BCUT2D eigenvalue weighted by molar-refractivity contribution is 9.10. The molecular weight excluding hydrogens is 378 g/mol. The molecular formula is C17H14BrNO3S. The van der Waals surface area contributed by atoms with E-state index in [9.17, 15) is 18.8 Å². The minimum Gasteiger partial charge on any atom is -0.395 e. The van der Waals surface area contributed by atoms with Crippen LogP contribution in [-0.2, 0) is 9.84 Å². The summed E-state index contributed by atoms with van der Waals surface area (Å²) in [5.41, 5.74) is -0.545. The molecule has 23 heavy (non-hydrogen) atoms. The van der Waals surface area contributed by atoms with Crippen LogP contribution in [0, 0.1) is 16.7 Å². The van der Waals surface area contributed by atoms with E-state index in [4.69, 9.17) is 0 Å². The highest BCUT2D eigenvalue weighted by Crippen LogP contribution is 2.63. The Hall–Kier alpha value is -1.68. The molecule has 1 N–H and O–H groups in total. The van der Waals surface area contributed by atoms with Crippen molar-refractivity contribution >= 4 is 25.8 Å². The molecule has 0 aromatic heterocycles. The lowest BCUT2D eigenvalue weighted by molar-refractivity contribution is 0.242. The Morgan fingerprint density at radius 2 is 1.74 bits per heavy atom. The van der Waals surface area contributed by atoms with Gasteiger partial charge in [-0.15, -0.1) is 0 Å². The standard InChI is InChI=1S/C17H14BrNO3S/c18-13-8-6-12(7-9-13)15-16(17(15,10-19)11-20)23(21,22)14-4-2-1-3-5-14/h1-9,15-16,20H,11H2/t15-,16+,17-/m0/s1. The lowest BCUT2D eigenvalue weighted by atomic mass is 10.0. The number of nitrogens with zero attached hydrogens (tertiary/aromatic N) is 1. The van der Waals surface area contributed by atoms with Gasteiger partial charge in [0.25, 0.3) is 0 Å². The molecule has 4 nitrogen and oxygen atoms in total. The SMILES string of the molecule is N#C[C@@]1(CO)[C@H](S(=O)(=O)c2ccccc2)[C@@H]1c1ccc(Br)cc1. The van der Waals surface area contributed by atoms with Crippen molar-refractivity contribution in [3.05, 3.63) is 64.6 Å². The summed E-state index contributed by atoms with van der Waals surface area (Å²) in [5, 5.41) is 18.3. The third-order valence-electron chi connectivity index (χ3n) is 4.36. The van der Waals surface area contributed by atoms with E-state index >= 15 is 0 Å². The van der Waals surface area contributed by atoms with Gasteiger partial charge < -0.3 is 5.11 Å². The molecule has 1 fully saturated rings. The number of hydrogen-bond donors (Lipinski definition) is 1. The highest BCUT2D eigenvalue weighted by Gasteiger charge is 2.72. The van der Waals surface area contributed by atoms with E-state index in [1.54, 1.807) is 42.5 Å². The van der Waals surface area contributed by atoms with Gasteiger partial charge in [0, 0.05) is 10.4 Å². The Labute approximate surface area is 143 Å². The van der Waals surface area contributed by atoms with Crippen LogP contribution in [0.4, 0.5) is 0 Å². The Bertz CT molecular complexity index is 859. The molecule has 0 unspecified atom stereocenters. The van der Waals surface area contributed by atoms with Crippen molar-refractivity contribution in [2.45, 2.75) is 16.1 Å². The van der Waals surface area contributed by atoms with Gasteiger partial charge in [0.15, 0.2) is 9.84 Å². The fourth-order valence-electron chi connectivity index (χ4n) is 3.12. The zero-order valence-electron chi connectivity index (χ0n) is 12.1. The van der Waals surface area contributed by atoms with E-state index in [0.717, 1.165) is 10.0 Å². The van der Waals surface area contributed by atoms with Crippen molar-refractivity contribution in [3.8, 4) is 6.07 Å². The zero-order chi connectivity index (χ0) is 16.7. The van der Waals surface area contributed by atoms with E-state index < -0.39 is 33.0 Å². The van der Waals surface area contributed by atoms with E-state index in [2.05, 4.69) is 22.0 Å². The van der Waals surface area contributed by atoms with Crippen LogP contribution in [0.25, 0.3) is 0 Å². The summed E-state index contributed by atoms with van der Waals surface area (Å²) in [4.78, 5) is 0.178. The first-order chi connectivity index (χ1) is 11.0. The largest absolute Gasteiger partial charge is 0.395 e. The molecule has 0 bridgehead atoms. The Balaban J connectivity index is 2.07. The van der Waals surface area contributed by atoms with Crippen molar-refractivity contribution in [2.24, 2.45) is 5.41 Å². The van der Waals surface area contributed by atoms with Gasteiger partial charge >= 0.3 is 0 Å². The summed E-state index contributed by atoms with van der Waals surface area (Å²) < 4.78 is 26.7. The second kappa shape index (κ2) is 5.75. The van der Waals surface area contributed by atoms with Crippen LogP contribution in [0.1, 0.15) is 11.5 Å². The predicted octanol–water partition coefficient (Wildman–Crippen LogP) is 2.89. The highest BCUT2D eigenvalue weighted by atomic mass is 79.9. The van der Waals surface area contributed by atoms with Crippen molar-refractivity contribution in [2.75, 3.05) is 6.61 Å². The van der Waals surface area contributed by atoms with E-state index in [0.29, 0.717) is 0 Å². The summed E-state index contributed by atoms with van der Waals surface area (Å²) >= 11 is 3.34. The summed E-state index contributed by atoms with van der Waals surface area (Å²) in [5.74, 6) is -0.532. The van der Waals surface area contributed by atoms with Gasteiger partial charge in [-0.2, -0.15) is 5.26 Å². The molecule has 1 saturated carbocycles.